The second kappa shape index (κ2) is 5.19. The monoisotopic (exact) mass is 214 g/mol. The minimum absolute atomic E-state index is 0.248. The van der Waals surface area contributed by atoms with Crippen LogP contribution in [-0.4, -0.2) is 27.1 Å². The molecule has 0 aliphatic carbocycles. The Labute approximate surface area is 88.2 Å². The molecule has 14 heavy (non-hydrogen) atoms. The molecule has 0 aliphatic rings. The second-order valence-electron chi connectivity index (χ2n) is 3.00. The Hall–Kier alpha value is -0.780. The van der Waals surface area contributed by atoms with Crippen LogP contribution in [-0.2, 0) is 0 Å². The lowest BCUT2D eigenvalue weighted by molar-refractivity contribution is 0.0175. The van der Waals surface area contributed by atoms with E-state index in [2.05, 4.69) is 17.6 Å². The predicted octanol–water partition coefficient (Wildman–Crippen LogP) is 0.378. The third-order valence-electron chi connectivity index (χ3n) is 1.98. The van der Waals surface area contributed by atoms with Crippen molar-refractivity contribution in [1.82, 2.24) is 4.98 Å². The maximum Gasteiger partial charge on any atom is 0.129 e. The number of nitrogen functional groups attached to an aromatic ring is 1. The second-order valence-corrected chi connectivity index (χ2v) is 3.45. The van der Waals surface area contributed by atoms with Gasteiger partial charge < -0.3 is 15.9 Å². The topological polar surface area (TPSA) is 79.4 Å². The minimum Gasteiger partial charge on any atom is -0.390 e. The van der Waals surface area contributed by atoms with Crippen molar-refractivity contribution in [2.45, 2.75) is 18.6 Å². The van der Waals surface area contributed by atoms with Crippen LogP contribution in [0.15, 0.2) is 18.3 Å². The maximum absolute atomic E-state index is 9.70. The number of aliphatic hydroxyl groups is 2. The number of nitrogens with zero attached hydrogens (tertiary/aromatic N) is 1. The largest absolute Gasteiger partial charge is 0.390 e. The Bertz CT molecular complexity index is 296. The number of hydrogen-bond acceptors (Lipinski definition) is 5. The van der Waals surface area contributed by atoms with Gasteiger partial charge in [0.1, 0.15) is 11.9 Å². The first-order valence-corrected chi connectivity index (χ1v) is 4.97. The summed E-state index contributed by atoms with van der Waals surface area (Å²) in [4.78, 5) is 3.83. The zero-order chi connectivity index (χ0) is 10.6. The van der Waals surface area contributed by atoms with Gasteiger partial charge in [-0.1, -0.05) is 6.07 Å². The van der Waals surface area contributed by atoms with Gasteiger partial charge in [0, 0.05) is 11.8 Å². The number of thiol groups is 1. The summed E-state index contributed by atoms with van der Waals surface area (Å²) in [6, 6.07) is 3.32. The molecule has 2 unspecified atom stereocenters. The van der Waals surface area contributed by atoms with Crippen LogP contribution in [0.4, 0.5) is 5.82 Å². The maximum atomic E-state index is 9.70. The molecular weight excluding hydrogens is 200 g/mol. The molecule has 0 saturated heterocycles. The molecule has 4 nitrogen and oxygen atoms in total. The van der Waals surface area contributed by atoms with Crippen molar-refractivity contribution >= 4 is 18.4 Å². The van der Waals surface area contributed by atoms with E-state index in [4.69, 9.17) is 5.73 Å². The van der Waals surface area contributed by atoms with Crippen LogP contribution in [0.25, 0.3) is 0 Å². The molecule has 0 amide bonds. The third-order valence-corrected chi connectivity index (χ3v) is 2.24. The average Bonchev–Trinajstić information content (AvgIpc) is 2.18. The van der Waals surface area contributed by atoms with E-state index >= 15 is 0 Å². The molecule has 0 radical (unpaired) electrons. The van der Waals surface area contributed by atoms with Gasteiger partial charge in [0.05, 0.1) is 6.10 Å². The van der Waals surface area contributed by atoms with Gasteiger partial charge in [-0.2, -0.15) is 12.6 Å². The Morgan fingerprint density at radius 2 is 2.21 bits per heavy atom. The van der Waals surface area contributed by atoms with Crippen LogP contribution >= 0.6 is 12.6 Å². The van der Waals surface area contributed by atoms with Crippen LogP contribution in [0.2, 0.25) is 0 Å². The number of aliphatic hydroxyl groups excluding tert-OH is 2. The van der Waals surface area contributed by atoms with E-state index in [1.807, 2.05) is 0 Å². The van der Waals surface area contributed by atoms with Gasteiger partial charge in [0.2, 0.25) is 0 Å². The number of hydrogen-bond donors (Lipinski definition) is 4. The Morgan fingerprint density at radius 3 is 2.79 bits per heavy atom. The van der Waals surface area contributed by atoms with E-state index in [-0.39, 0.29) is 5.82 Å². The summed E-state index contributed by atoms with van der Waals surface area (Å²) in [7, 11) is 0. The molecule has 0 spiro atoms. The Balaban J connectivity index is 2.78. The van der Waals surface area contributed by atoms with Crippen molar-refractivity contribution in [3.63, 3.8) is 0 Å². The van der Waals surface area contributed by atoms with Gasteiger partial charge in [-0.05, 0) is 18.2 Å². The molecule has 5 heteroatoms. The van der Waals surface area contributed by atoms with Crippen molar-refractivity contribution in [2.24, 2.45) is 0 Å². The van der Waals surface area contributed by atoms with Crippen LogP contribution in [0.5, 0.6) is 0 Å². The van der Waals surface area contributed by atoms with E-state index in [0.717, 1.165) is 0 Å². The highest BCUT2D eigenvalue weighted by atomic mass is 32.1. The third kappa shape index (κ3) is 2.60. The van der Waals surface area contributed by atoms with Gasteiger partial charge in [-0.25, -0.2) is 4.98 Å². The standard InChI is InChI=1S/C9H14N2O2S/c10-9-6(2-1-4-11-9)8(13)7(12)3-5-14/h1-2,4,7-8,12-14H,3,5H2,(H2,10,11). The number of aromatic nitrogens is 1. The molecule has 0 saturated carbocycles. The quantitative estimate of drug-likeness (QED) is 0.546. The first-order valence-electron chi connectivity index (χ1n) is 4.34. The highest BCUT2D eigenvalue weighted by molar-refractivity contribution is 7.80. The molecule has 2 atom stereocenters. The van der Waals surface area contributed by atoms with Gasteiger partial charge in [-0.3, -0.25) is 0 Å². The summed E-state index contributed by atoms with van der Waals surface area (Å²) in [5.41, 5.74) is 6.01. The average molecular weight is 214 g/mol. The van der Waals surface area contributed by atoms with Crippen molar-refractivity contribution < 1.29 is 10.2 Å². The lowest BCUT2D eigenvalue weighted by Crippen LogP contribution is -2.20. The summed E-state index contributed by atoms with van der Waals surface area (Å²) < 4.78 is 0. The van der Waals surface area contributed by atoms with Crippen LogP contribution in [0.3, 0.4) is 0 Å². The zero-order valence-corrected chi connectivity index (χ0v) is 8.56. The fraction of sp³-hybridized carbons (Fsp3) is 0.444. The number of nitrogens with two attached hydrogens (primary N) is 1. The van der Waals surface area contributed by atoms with Gasteiger partial charge in [-0.15, -0.1) is 0 Å². The highest BCUT2D eigenvalue weighted by Gasteiger charge is 2.19. The molecular formula is C9H14N2O2S. The van der Waals surface area contributed by atoms with E-state index in [0.29, 0.717) is 17.7 Å². The lowest BCUT2D eigenvalue weighted by atomic mass is 10.0. The molecule has 1 heterocycles. The van der Waals surface area contributed by atoms with Crippen molar-refractivity contribution in [1.29, 1.82) is 0 Å². The lowest BCUT2D eigenvalue weighted by Gasteiger charge is -2.17. The van der Waals surface area contributed by atoms with Crippen molar-refractivity contribution in [2.75, 3.05) is 11.5 Å². The molecule has 0 aromatic carbocycles. The van der Waals surface area contributed by atoms with Crippen molar-refractivity contribution in [3.05, 3.63) is 23.9 Å². The highest BCUT2D eigenvalue weighted by Crippen LogP contribution is 2.22. The number of rotatable bonds is 4. The van der Waals surface area contributed by atoms with Crippen LogP contribution < -0.4 is 5.73 Å². The first kappa shape index (κ1) is 11.3. The van der Waals surface area contributed by atoms with E-state index in [9.17, 15) is 10.2 Å². The van der Waals surface area contributed by atoms with Gasteiger partial charge in [0.15, 0.2) is 0 Å². The fourth-order valence-electron chi connectivity index (χ4n) is 1.18. The van der Waals surface area contributed by atoms with Gasteiger partial charge >= 0.3 is 0 Å². The molecule has 1 aromatic rings. The molecule has 78 valence electrons. The molecule has 0 fully saturated rings. The zero-order valence-electron chi connectivity index (χ0n) is 7.67. The molecule has 4 N–H and O–H groups in total. The number of pyridine rings is 1. The van der Waals surface area contributed by atoms with E-state index in [1.165, 1.54) is 6.20 Å². The normalized spacial score (nSPS) is 15.1. The molecule has 1 aromatic heterocycles. The van der Waals surface area contributed by atoms with Gasteiger partial charge in [0.25, 0.3) is 0 Å². The summed E-state index contributed by atoms with van der Waals surface area (Å²) >= 11 is 3.97. The summed E-state index contributed by atoms with van der Waals surface area (Å²) in [6.45, 7) is 0. The summed E-state index contributed by atoms with van der Waals surface area (Å²) in [6.07, 6.45) is 0.115. The smallest absolute Gasteiger partial charge is 0.129 e. The fourth-order valence-corrected chi connectivity index (χ4v) is 1.44. The van der Waals surface area contributed by atoms with E-state index < -0.39 is 12.2 Å². The summed E-state index contributed by atoms with van der Waals surface area (Å²) in [5, 5.41) is 19.2. The van der Waals surface area contributed by atoms with Crippen LogP contribution in [0.1, 0.15) is 18.1 Å². The predicted molar refractivity (Wildman–Crippen MR) is 58.1 cm³/mol. The molecule has 0 aliphatic heterocycles. The number of anilines is 1. The minimum atomic E-state index is -0.990. The first-order chi connectivity index (χ1) is 6.66. The molecule has 1 rings (SSSR count). The Kier molecular flexibility index (Phi) is 4.19. The Morgan fingerprint density at radius 1 is 1.50 bits per heavy atom. The van der Waals surface area contributed by atoms with Crippen LogP contribution in [0, 0.1) is 0 Å². The summed E-state index contributed by atoms with van der Waals surface area (Å²) in [5.74, 6) is 0.761. The SMILES string of the molecule is Nc1ncccc1C(O)C(O)CCS. The molecule has 0 bridgehead atoms. The van der Waals surface area contributed by atoms with E-state index in [1.54, 1.807) is 12.1 Å². The van der Waals surface area contributed by atoms with Crippen molar-refractivity contribution in [3.8, 4) is 0 Å².